The van der Waals surface area contributed by atoms with Crippen molar-refractivity contribution in [1.29, 1.82) is 0 Å². The standard InChI is InChI=1S/C15H16N4O2S/c1-22-15-9-8-14(16-17-15)18(12-6-7-12)10-11-4-2-3-5-13(11)19(20)21/h2-5,8-9,12H,6-7,10H2,1H3. The van der Waals surface area contributed by atoms with E-state index in [1.807, 2.05) is 24.5 Å². The van der Waals surface area contributed by atoms with E-state index in [1.54, 1.807) is 30.0 Å². The largest absolute Gasteiger partial charge is 0.348 e. The zero-order valence-electron chi connectivity index (χ0n) is 12.2. The molecule has 1 heterocycles. The Balaban J connectivity index is 1.87. The average Bonchev–Trinajstić information content (AvgIpc) is 3.38. The zero-order chi connectivity index (χ0) is 15.5. The number of hydrogen-bond donors (Lipinski definition) is 0. The zero-order valence-corrected chi connectivity index (χ0v) is 13.0. The van der Waals surface area contributed by atoms with Crippen LogP contribution in [0.5, 0.6) is 0 Å². The quantitative estimate of drug-likeness (QED) is 0.463. The summed E-state index contributed by atoms with van der Waals surface area (Å²) in [5.74, 6) is 0.776. The van der Waals surface area contributed by atoms with Crippen molar-refractivity contribution < 1.29 is 4.92 Å². The van der Waals surface area contributed by atoms with Crippen LogP contribution >= 0.6 is 11.8 Å². The summed E-state index contributed by atoms with van der Waals surface area (Å²) in [5, 5.41) is 20.5. The van der Waals surface area contributed by atoms with Gasteiger partial charge in [-0.25, -0.2) is 0 Å². The molecule has 0 aliphatic heterocycles. The molecule has 6 nitrogen and oxygen atoms in total. The minimum atomic E-state index is -0.330. The Bertz CT molecular complexity index is 673. The van der Waals surface area contributed by atoms with Gasteiger partial charge >= 0.3 is 0 Å². The smallest absolute Gasteiger partial charge is 0.274 e. The molecule has 0 unspecified atom stereocenters. The third kappa shape index (κ3) is 3.19. The number of nitro groups is 1. The Morgan fingerprint density at radius 2 is 2.05 bits per heavy atom. The Hall–Kier alpha value is -2.15. The highest BCUT2D eigenvalue weighted by molar-refractivity contribution is 7.98. The Morgan fingerprint density at radius 3 is 2.64 bits per heavy atom. The van der Waals surface area contributed by atoms with E-state index in [0.29, 0.717) is 18.2 Å². The normalized spacial score (nSPS) is 13.9. The third-order valence-electron chi connectivity index (χ3n) is 3.65. The molecule has 7 heteroatoms. The Labute approximate surface area is 132 Å². The molecule has 1 fully saturated rings. The minimum absolute atomic E-state index is 0.154. The van der Waals surface area contributed by atoms with Crippen molar-refractivity contribution in [3.05, 3.63) is 52.1 Å². The van der Waals surface area contributed by atoms with Crippen molar-refractivity contribution in [3.8, 4) is 0 Å². The lowest BCUT2D eigenvalue weighted by Crippen LogP contribution is -2.26. The maximum Gasteiger partial charge on any atom is 0.274 e. The molecule has 0 N–H and O–H groups in total. The maximum absolute atomic E-state index is 11.2. The lowest BCUT2D eigenvalue weighted by atomic mass is 10.1. The van der Waals surface area contributed by atoms with Gasteiger partial charge in [0.25, 0.3) is 5.69 Å². The van der Waals surface area contributed by atoms with Gasteiger partial charge in [-0.05, 0) is 31.2 Å². The van der Waals surface area contributed by atoms with Gasteiger partial charge < -0.3 is 4.90 Å². The van der Waals surface area contributed by atoms with Gasteiger partial charge in [-0.2, -0.15) is 0 Å². The van der Waals surface area contributed by atoms with Crippen molar-refractivity contribution in [2.75, 3.05) is 11.2 Å². The summed E-state index contributed by atoms with van der Waals surface area (Å²) in [6.45, 7) is 0.481. The molecule has 0 saturated heterocycles. The number of hydrogen-bond acceptors (Lipinski definition) is 6. The highest BCUT2D eigenvalue weighted by atomic mass is 32.2. The first-order valence-electron chi connectivity index (χ1n) is 7.05. The number of nitro benzene ring substituents is 1. The van der Waals surface area contributed by atoms with E-state index in [1.165, 1.54) is 0 Å². The molecule has 1 aliphatic rings. The predicted octanol–water partition coefficient (Wildman–Crippen LogP) is 3.28. The van der Waals surface area contributed by atoms with E-state index in [0.717, 1.165) is 23.7 Å². The first-order valence-corrected chi connectivity index (χ1v) is 8.28. The van der Waals surface area contributed by atoms with Crippen molar-refractivity contribution in [3.63, 3.8) is 0 Å². The molecule has 0 atom stereocenters. The van der Waals surface area contributed by atoms with Crippen LogP contribution < -0.4 is 4.90 Å². The topological polar surface area (TPSA) is 72.2 Å². The highest BCUT2D eigenvalue weighted by Crippen LogP contribution is 2.33. The molecule has 22 heavy (non-hydrogen) atoms. The van der Waals surface area contributed by atoms with E-state index >= 15 is 0 Å². The molecule has 0 radical (unpaired) electrons. The Morgan fingerprint density at radius 1 is 1.27 bits per heavy atom. The van der Waals surface area contributed by atoms with Crippen LogP contribution in [0.15, 0.2) is 41.4 Å². The number of nitrogens with zero attached hydrogens (tertiary/aromatic N) is 4. The summed E-state index contributed by atoms with van der Waals surface area (Å²) in [5.41, 5.74) is 0.858. The molecule has 1 aromatic heterocycles. The number of anilines is 1. The first-order chi connectivity index (χ1) is 10.7. The van der Waals surface area contributed by atoms with Gasteiger partial charge in [0.15, 0.2) is 5.82 Å². The summed E-state index contributed by atoms with van der Waals surface area (Å²) in [6, 6.07) is 11.1. The molecule has 114 valence electrons. The van der Waals surface area contributed by atoms with E-state index in [2.05, 4.69) is 15.1 Å². The second-order valence-electron chi connectivity index (χ2n) is 5.18. The van der Waals surface area contributed by atoms with Crippen LogP contribution in [0, 0.1) is 10.1 Å². The molecule has 0 bridgehead atoms. The fourth-order valence-electron chi connectivity index (χ4n) is 2.36. The van der Waals surface area contributed by atoms with E-state index in [4.69, 9.17) is 0 Å². The summed E-state index contributed by atoms with van der Waals surface area (Å²) in [4.78, 5) is 12.9. The molecular weight excluding hydrogens is 300 g/mol. The number of aromatic nitrogens is 2. The molecule has 3 rings (SSSR count). The van der Waals surface area contributed by atoms with Crippen molar-refractivity contribution in [2.24, 2.45) is 0 Å². The molecule has 1 saturated carbocycles. The van der Waals surface area contributed by atoms with Gasteiger partial charge in [-0.3, -0.25) is 10.1 Å². The monoisotopic (exact) mass is 316 g/mol. The average molecular weight is 316 g/mol. The van der Waals surface area contributed by atoms with Gasteiger partial charge in [0.2, 0.25) is 0 Å². The molecular formula is C15H16N4O2S. The van der Waals surface area contributed by atoms with Crippen LogP contribution in [0.2, 0.25) is 0 Å². The van der Waals surface area contributed by atoms with Crippen molar-refractivity contribution in [1.82, 2.24) is 10.2 Å². The fraction of sp³-hybridized carbons (Fsp3) is 0.333. The first kappa shape index (κ1) is 14.8. The van der Waals surface area contributed by atoms with Gasteiger partial charge in [-0.1, -0.05) is 18.2 Å². The van der Waals surface area contributed by atoms with Crippen LogP contribution in [0.25, 0.3) is 0 Å². The van der Waals surface area contributed by atoms with Crippen LogP contribution in [-0.4, -0.2) is 27.4 Å². The second kappa shape index (κ2) is 6.31. The number of rotatable bonds is 6. The molecule has 1 aromatic carbocycles. The summed E-state index contributed by atoms with van der Waals surface area (Å²) >= 11 is 1.54. The molecule has 0 spiro atoms. The molecule has 1 aliphatic carbocycles. The number of para-hydroxylation sites is 1. The molecule has 2 aromatic rings. The van der Waals surface area contributed by atoms with Gasteiger partial charge in [0.1, 0.15) is 5.03 Å². The SMILES string of the molecule is CSc1ccc(N(Cc2ccccc2[N+](=O)[O-])C2CC2)nn1. The predicted molar refractivity (Wildman–Crippen MR) is 86.1 cm³/mol. The maximum atomic E-state index is 11.2. The van der Waals surface area contributed by atoms with Crippen molar-refractivity contribution >= 4 is 23.3 Å². The van der Waals surface area contributed by atoms with Crippen LogP contribution in [0.3, 0.4) is 0 Å². The van der Waals surface area contributed by atoms with Crippen molar-refractivity contribution in [2.45, 2.75) is 30.5 Å². The van der Waals surface area contributed by atoms with Crippen LogP contribution in [0.1, 0.15) is 18.4 Å². The van der Waals surface area contributed by atoms with Gasteiger partial charge in [0, 0.05) is 17.7 Å². The van der Waals surface area contributed by atoms with Gasteiger partial charge in [-0.15, -0.1) is 22.0 Å². The summed E-state index contributed by atoms with van der Waals surface area (Å²) in [7, 11) is 0. The highest BCUT2D eigenvalue weighted by Gasteiger charge is 2.31. The van der Waals surface area contributed by atoms with E-state index < -0.39 is 0 Å². The Kier molecular flexibility index (Phi) is 4.24. The van der Waals surface area contributed by atoms with Crippen LogP contribution in [0.4, 0.5) is 11.5 Å². The van der Waals surface area contributed by atoms with E-state index in [9.17, 15) is 10.1 Å². The summed E-state index contributed by atoms with van der Waals surface area (Å²) in [6.07, 6.45) is 4.13. The number of thioether (sulfide) groups is 1. The lowest BCUT2D eigenvalue weighted by Gasteiger charge is -2.23. The van der Waals surface area contributed by atoms with E-state index in [-0.39, 0.29) is 10.6 Å². The lowest BCUT2D eigenvalue weighted by molar-refractivity contribution is -0.385. The molecule has 0 amide bonds. The second-order valence-corrected chi connectivity index (χ2v) is 6.01. The fourth-order valence-corrected chi connectivity index (χ4v) is 2.69. The third-order valence-corrected chi connectivity index (χ3v) is 4.28. The van der Waals surface area contributed by atoms with Gasteiger partial charge in [0.05, 0.1) is 11.5 Å². The summed E-state index contributed by atoms with van der Waals surface area (Å²) < 4.78 is 0. The van der Waals surface area contributed by atoms with Crippen LogP contribution in [-0.2, 0) is 6.54 Å². The number of benzene rings is 1. The minimum Gasteiger partial charge on any atom is -0.348 e.